The number of alkyl halides is 2. The fourth-order valence-corrected chi connectivity index (χ4v) is 6.14. The molecule has 0 spiro atoms. The van der Waals surface area contributed by atoms with E-state index in [-0.39, 0.29) is 31.5 Å². The van der Waals surface area contributed by atoms with Gasteiger partial charge in [-0.15, -0.1) is 0 Å². The van der Waals surface area contributed by atoms with Crippen LogP contribution in [0.3, 0.4) is 0 Å². The van der Waals surface area contributed by atoms with Crippen LogP contribution in [0.1, 0.15) is 86.0 Å². The molecular formula is C29H37F3N4O3. The van der Waals surface area contributed by atoms with E-state index in [1.165, 1.54) is 16.5 Å². The molecule has 10 heteroatoms. The number of rotatable bonds is 10. The molecule has 0 saturated carbocycles. The molecule has 39 heavy (non-hydrogen) atoms. The number of aryl methyl sites for hydroxylation is 2. The number of likely N-dealkylation sites (tertiary alicyclic amines) is 1. The predicted octanol–water partition coefficient (Wildman–Crippen LogP) is 5.71. The molecule has 7 nitrogen and oxygen atoms in total. The first-order valence-corrected chi connectivity index (χ1v) is 14.2. The van der Waals surface area contributed by atoms with Gasteiger partial charge in [0, 0.05) is 43.3 Å². The standard InChI is InChI=1S/C29H37F3N4O3/c30-21-16-23(25(34-17-21)24-8-2-4-15-39-24)26(28(37)38)36-14-11-20(18-36)29(31,32)12-3-1-7-22-10-9-19-6-5-13-33-27(19)35-22/h9-10,16-17,20,24,26H,1-8,11-15,18H2,(H,33,35)(H,37,38)/t20-,24+,26+/m1/s1. The first-order chi connectivity index (χ1) is 18.8. The van der Waals surface area contributed by atoms with Crippen LogP contribution in [0.4, 0.5) is 19.0 Å². The van der Waals surface area contributed by atoms with Crippen LogP contribution in [0.25, 0.3) is 0 Å². The molecule has 0 unspecified atom stereocenters. The van der Waals surface area contributed by atoms with Gasteiger partial charge >= 0.3 is 5.97 Å². The van der Waals surface area contributed by atoms with Crippen LogP contribution in [0.2, 0.25) is 0 Å². The fraction of sp³-hybridized carbons (Fsp3) is 0.621. The predicted molar refractivity (Wildman–Crippen MR) is 140 cm³/mol. The van der Waals surface area contributed by atoms with Gasteiger partial charge < -0.3 is 15.2 Å². The first-order valence-electron chi connectivity index (χ1n) is 14.2. The third-order valence-electron chi connectivity index (χ3n) is 8.26. The van der Waals surface area contributed by atoms with Crippen molar-refractivity contribution >= 4 is 11.8 Å². The molecular weight excluding hydrogens is 509 g/mol. The highest BCUT2D eigenvalue weighted by atomic mass is 19.3. The molecule has 0 bridgehead atoms. The van der Waals surface area contributed by atoms with Crippen LogP contribution in [0.5, 0.6) is 0 Å². The molecule has 2 fully saturated rings. The Kier molecular flexibility index (Phi) is 8.71. The maximum atomic E-state index is 15.3. The average molecular weight is 547 g/mol. The number of fused-ring (bicyclic) bond motifs is 1. The van der Waals surface area contributed by atoms with E-state index in [1.54, 1.807) is 0 Å². The first kappa shape index (κ1) is 27.8. The smallest absolute Gasteiger partial charge is 0.325 e. The summed E-state index contributed by atoms with van der Waals surface area (Å²) in [7, 11) is 0. The number of carbonyl (C=O) groups is 1. The molecule has 5 rings (SSSR count). The minimum Gasteiger partial charge on any atom is -0.480 e. The number of unbranched alkanes of at least 4 members (excludes halogenated alkanes) is 1. The second kappa shape index (κ2) is 12.2. The van der Waals surface area contributed by atoms with Gasteiger partial charge in [0.1, 0.15) is 17.7 Å². The Hall–Kier alpha value is -2.72. The van der Waals surface area contributed by atoms with Gasteiger partial charge in [0.2, 0.25) is 0 Å². The van der Waals surface area contributed by atoms with Crippen molar-refractivity contribution < 1.29 is 27.8 Å². The lowest BCUT2D eigenvalue weighted by Crippen LogP contribution is -2.36. The molecule has 3 aliphatic heterocycles. The van der Waals surface area contributed by atoms with E-state index in [4.69, 9.17) is 4.74 Å². The number of hydrogen-bond acceptors (Lipinski definition) is 6. The lowest BCUT2D eigenvalue weighted by molar-refractivity contribution is -0.143. The molecule has 0 radical (unpaired) electrons. The van der Waals surface area contributed by atoms with Crippen molar-refractivity contribution in [1.29, 1.82) is 0 Å². The average Bonchev–Trinajstić information content (AvgIpc) is 3.42. The van der Waals surface area contributed by atoms with Crippen LogP contribution in [-0.2, 0) is 22.4 Å². The zero-order valence-electron chi connectivity index (χ0n) is 22.2. The van der Waals surface area contributed by atoms with Crippen molar-refractivity contribution in [1.82, 2.24) is 14.9 Å². The van der Waals surface area contributed by atoms with Gasteiger partial charge in [0.15, 0.2) is 0 Å². The van der Waals surface area contributed by atoms with Gasteiger partial charge in [-0.3, -0.25) is 14.7 Å². The van der Waals surface area contributed by atoms with E-state index in [1.807, 2.05) is 6.07 Å². The van der Waals surface area contributed by atoms with Gasteiger partial charge in [-0.05, 0) is 82.0 Å². The number of aromatic nitrogens is 2. The van der Waals surface area contributed by atoms with E-state index in [0.29, 0.717) is 38.0 Å². The summed E-state index contributed by atoms with van der Waals surface area (Å²) in [6.07, 6.45) is 6.74. The molecule has 2 aromatic heterocycles. The lowest BCUT2D eigenvalue weighted by atomic mass is 9.94. The number of nitrogens with one attached hydrogen (secondary N) is 1. The minimum absolute atomic E-state index is 0.0660. The summed E-state index contributed by atoms with van der Waals surface area (Å²) in [4.78, 5) is 22.8. The fourth-order valence-electron chi connectivity index (χ4n) is 6.14. The zero-order valence-corrected chi connectivity index (χ0v) is 22.2. The highest BCUT2D eigenvalue weighted by Crippen LogP contribution is 2.41. The van der Waals surface area contributed by atoms with Crippen molar-refractivity contribution in [3.05, 3.63) is 52.7 Å². The maximum absolute atomic E-state index is 15.3. The van der Waals surface area contributed by atoms with E-state index < -0.39 is 35.8 Å². The van der Waals surface area contributed by atoms with E-state index in [2.05, 4.69) is 21.4 Å². The molecule has 0 aliphatic carbocycles. The summed E-state index contributed by atoms with van der Waals surface area (Å²) >= 11 is 0. The van der Waals surface area contributed by atoms with Crippen molar-refractivity contribution in [2.75, 3.05) is 31.6 Å². The number of nitrogens with zero attached hydrogens (tertiary/aromatic N) is 3. The number of hydrogen-bond donors (Lipinski definition) is 2. The third-order valence-corrected chi connectivity index (χ3v) is 8.26. The largest absolute Gasteiger partial charge is 0.480 e. The van der Waals surface area contributed by atoms with Crippen LogP contribution in [-0.4, -0.2) is 58.1 Å². The van der Waals surface area contributed by atoms with Crippen molar-refractivity contribution in [3.63, 3.8) is 0 Å². The van der Waals surface area contributed by atoms with E-state index in [9.17, 15) is 14.3 Å². The van der Waals surface area contributed by atoms with E-state index >= 15 is 8.78 Å². The Balaban J connectivity index is 1.20. The summed E-state index contributed by atoms with van der Waals surface area (Å²) in [5, 5.41) is 13.4. The van der Waals surface area contributed by atoms with Crippen molar-refractivity contribution in [2.45, 2.75) is 82.3 Å². The molecule has 212 valence electrons. The molecule has 2 N–H and O–H groups in total. The summed E-state index contributed by atoms with van der Waals surface area (Å²) < 4.78 is 50.6. The van der Waals surface area contributed by atoms with Crippen LogP contribution < -0.4 is 5.32 Å². The summed E-state index contributed by atoms with van der Waals surface area (Å²) in [6, 6.07) is 3.98. The number of pyridine rings is 2. The monoisotopic (exact) mass is 546 g/mol. The maximum Gasteiger partial charge on any atom is 0.325 e. The molecule has 3 atom stereocenters. The molecule has 5 heterocycles. The van der Waals surface area contributed by atoms with Crippen molar-refractivity contribution in [2.24, 2.45) is 5.92 Å². The number of ether oxygens (including phenoxy) is 1. The summed E-state index contributed by atoms with van der Waals surface area (Å²) in [5.41, 5.74) is 2.70. The number of aliphatic carboxylic acids is 1. The normalized spacial score (nSPS) is 22.7. The zero-order chi connectivity index (χ0) is 27.4. The molecule has 2 saturated heterocycles. The Morgan fingerprint density at radius 2 is 2.10 bits per heavy atom. The quantitative estimate of drug-likeness (QED) is 0.369. The summed E-state index contributed by atoms with van der Waals surface area (Å²) in [6.45, 7) is 1.56. The Morgan fingerprint density at radius 3 is 2.90 bits per heavy atom. The van der Waals surface area contributed by atoms with Gasteiger partial charge in [-0.1, -0.05) is 6.07 Å². The van der Waals surface area contributed by atoms with Gasteiger partial charge in [-0.2, -0.15) is 0 Å². The topological polar surface area (TPSA) is 87.6 Å². The Bertz CT molecular complexity index is 1160. The lowest BCUT2D eigenvalue weighted by Gasteiger charge is -2.30. The summed E-state index contributed by atoms with van der Waals surface area (Å²) in [5.74, 6) is -4.81. The van der Waals surface area contributed by atoms with Gasteiger partial charge in [0.05, 0.1) is 18.0 Å². The third kappa shape index (κ3) is 6.54. The molecule has 2 aromatic rings. The van der Waals surface area contributed by atoms with Gasteiger partial charge in [-0.25, -0.2) is 18.2 Å². The second-order valence-corrected chi connectivity index (χ2v) is 11.0. The molecule has 0 amide bonds. The highest BCUT2D eigenvalue weighted by Gasteiger charge is 2.46. The number of carboxylic acid groups (broad SMARTS) is 1. The number of carboxylic acids is 1. The second-order valence-electron chi connectivity index (χ2n) is 11.0. The molecule has 0 aromatic carbocycles. The van der Waals surface area contributed by atoms with Crippen molar-refractivity contribution in [3.8, 4) is 0 Å². The number of anilines is 1. The Morgan fingerprint density at radius 1 is 1.23 bits per heavy atom. The minimum atomic E-state index is -2.92. The van der Waals surface area contributed by atoms with Crippen LogP contribution in [0, 0.1) is 11.7 Å². The SMILES string of the molecule is O=C(O)[C@H](c1cc(F)cnc1[C@@H]1CCCCO1)N1CC[C@@H](C(F)(F)CCCCc2ccc3c(n2)NCCC3)C1. The molecule has 3 aliphatic rings. The van der Waals surface area contributed by atoms with Crippen LogP contribution in [0.15, 0.2) is 24.4 Å². The highest BCUT2D eigenvalue weighted by molar-refractivity contribution is 5.76. The number of halogens is 3. The van der Waals surface area contributed by atoms with Gasteiger partial charge in [0.25, 0.3) is 5.92 Å². The van der Waals surface area contributed by atoms with Crippen LogP contribution >= 0.6 is 0 Å². The van der Waals surface area contributed by atoms with E-state index in [0.717, 1.165) is 49.9 Å². The Labute approximate surface area is 227 Å².